The molecule has 0 aliphatic carbocycles. The second-order valence-corrected chi connectivity index (χ2v) is 6.91. The van der Waals surface area contributed by atoms with Crippen molar-refractivity contribution < 1.29 is 19.0 Å². The fourth-order valence-electron chi connectivity index (χ4n) is 3.35. The highest BCUT2D eigenvalue weighted by Crippen LogP contribution is 2.60. The van der Waals surface area contributed by atoms with E-state index in [0.29, 0.717) is 12.5 Å². The van der Waals surface area contributed by atoms with Gasteiger partial charge in [0.1, 0.15) is 6.10 Å². The summed E-state index contributed by atoms with van der Waals surface area (Å²) in [6, 6.07) is 0. The van der Waals surface area contributed by atoms with Crippen LogP contribution in [0, 0.1) is 5.92 Å². The first-order valence-electron chi connectivity index (χ1n) is 7.31. The fraction of sp³-hybridized carbons (Fsp3) is 0.667. The van der Waals surface area contributed by atoms with Crippen molar-refractivity contribution in [1.82, 2.24) is 4.90 Å². The molecule has 0 aromatic heterocycles. The number of rotatable bonds is 3. The number of hydrogen-bond donors (Lipinski definition) is 0. The molecule has 5 nitrogen and oxygen atoms in total. The maximum Gasteiger partial charge on any atom is 0.332 e. The van der Waals surface area contributed by atoms with Crippen molar-refractivity contribution >= 4 is 17.7 Å². The molecular weight excluding hydrogens is 290 g/mol. The highest BCUT2D eigenvalue weighted by atomic mass is 32.2. The van der Waals surface area contributed by atoms with Gasteiger partial charge in [-0.3, -0.25) is 0 Å². The molecule has 21 heavy (non-hydrogen) atoms. The zero-order valence-corrected chi connectivity index (χ0v) is 13.7. The number of hydrogen-bond acceptors (Lipinski definition) is 6. The van der Waals surface area contributed by atoms with E-state index >= 15 is 0 Å². The van der Waals surface area contributed by atoms with Crippen LogP contribution in [0.5, 0.6) is 0 Å². The van der Waals surface area contributed by atoms with Crippen LogP contribution in [0.3, 0.4) is 0 Å². The molecule has 0 radical (unpaired) electrons. The van der Waals surface area contributed by atoms with Crippen molar-refractivity contribution in [3.63, 3.8) is 0 Å². The second kappa shape index (κ2) is 5.25. The average Bonchev–Trinajstić information content (AvgIpc) is 2.79. The summed E-state index contributed by atoms with van der Waals surface area (Å²) in [5, 5.41) is 0.442. The molecule has 3 rings (SSSR count). The van der Waals surface area contributed by atoms with Gasteiger partial charge in [-0.05, 0) is 37.9 Å². The summed E-state index contributed by atoms with van der Waals surface area (Å²) in [5.41, 5.74) is 1.92. The van der Waals surface area contributed by atoms with Crippen LogP contribution >= 0.6 is 11.8 Å². The lowest BCUT2D eigenvalue weighted by molar-refractivity contribution is -0.135. The SMILES string of the molecule is CCOC1=C(C)N2/C(=C/C(=O)OC)[C@H]3C[C@@H](C)C[C@]2(O3)S1. The first-order valence-corrected chi connectivity index (χ1v) is 8.12. The molecule has 1 spiro atoms. The average molecular weight is 311 g/mol. The molecule has 2 fully saturated rings. The van der Waals surface area contributed by atoms with Gasteiger partial charge in [-0.25, -0.2) is 4.79 Å². The Morgan fingerprint density at radius 1 is 1.62 bits per heavy atom. The molecule has 0 aromatic carbocycles. The van der Waals surface area contributed by atoms with E-state index in [-0.39, 0.29) is 12.1 Å². The molecule has 6 heteroatoms. The lowest BCUT2D eigenvalue weighted by atomic mass is 9.97. The van der Waals surface area contributed by atoms with Crippen molar-refractivity contribution in [1.29, 1.82) is 0 Å². The molecule has 0 saturated carbocycles. The van der Waals surface area contributed by atoms with Gasteiger partial charge in [0.2, 0.25) is 5.06 Å². The van der Waals surface area contributed by atoms with Crippen LogP contribution < -0.4 is 0 Å². The van der Waals surface area contributed by atoms with E-state index in [1.165, 1.54) is 7.11 Å². The van der Waals surface area contributed by atoms with E-state index in [1.54, 1.807) is 17.8 Å². The fourth-order valence-corrected chi connectivity index (χ4v) is 4.92. The minimum atomic E-state index is -0.448. The summed E-state index contributed by atoms with van der Waals surface area (Å²) >= 11 is 1.63. The van der Waals surface area contributed by atoms with E-state index < -0.39 is 5.06 Å². The Bertz CT molecular complexity index is 530. The maximum atomic E-state index is 11.7. The Morgan fingerprint density at radius 2 is 2.38 bits per heavy atom. The smallest absolute Gasteiger partial charge is 0.332 e. The molecule has 3 aliphatic heterocycles. The number of fused-ring (bicyclic) bond motifs is 1. The number of thioether (sulfide) groups is 1. The van der Waals surface area contributed by atoms with Gasteiger partial charge < -0.3 is 19.1 Å². The Balaban J connectivity index is 2.02. The summed E-state index contributed by atoms with van der Waals surface area (Å²) in [5.74, 6) is 0.197. The summed E-state index contributed by atoms with van der Waals surface area (Å²) in [7, 11) is 1.40. The molecule has 0 aromatic rings. The molecule has 2 saturated heterocycles. The van der Waals surface area contributed by atoms with Crippen molar-refractivity contribution in [3.8, 4) is 0 Å². The van der Waals surface area contributed by atoms with Crippen LogP contribution in [0.4, 0.5) is 0 Å². The van der Waals surface area contributed by atoms with Crippen molar-refractivity contribution in [2.75, 3.05) is 13.7 Å². The van der Waals surface area contributed by atoms with Gasteiger partial charge >= 0.3 is 5.97 Å². The predicted octanol–water partition coefficient (Wildman–Crippen LogP) is 2.80. The van der Waals surface area contributed by atoms with Crippen LogP contribution in [0.25, 0.3) is 0 Å². The van der Waals surface area contributed by atoms with Crippen LogP contribution in [0.2, 0.25) is 0 Å². The van der Waals surface area contributed by atoms with E-state index in [4.69, 9.17) is 14.2 Å². The van der Waals surface area contributed by atoms with Crippen LogP contribution in [-0.2, 0) is 19.0 Å². The minimum absolute atomic E-state index is 0.0431. The van der Waals surface area contributed by atoms with Crippen molar-refractivity contribution in [3.05, 3.63) is 22.6 Å². The Morgan fingerprint density at radius 3 is 3.05 bits per heavy atom. The molecule has 0 N–H and O–H groups in total. The number of carbonyl (C=O) groups is 1. The highest BCUT2D eigenvalue weighted by Gasteiger charge is 2.59. The number of esters is 1. The van der Waals surface area contributed by atoms with Gasteiger partial charge in [-0.15, -0.1) is 0 Å². The second-order valence-electron chi connectivity index (χ2n) is 5.70. The number of ether oxygens (including phenoxy) is 3. The van der Waals surface area contributed by atoms with Crippen molar-refractivity contribution in [2.24, 2.45) is 5.92 Å². The molecule has 3 atom stereocenters. The third kappa shape index (κ3) is 2.25. The van der Waals surface area contributed by atoms with Crippen LogP contribution in [-0.4, -0.2) is 35.7 Å². The predicted molar refractivity (Wildman–Crippen MR) is 79.9 cm³/mol. The van der Waals surface area contributed by atoms with Gasteiger partial charge in [0.05, 0.1) is 25.1 Å². The maximum absolute atomic E-state index is 11.7. The Kier molecular flexibility index (Phi) is 3.69. The zero-order valence-electron chi connectivity index (χ0n) is 12.8. The largest absolute Gasteiger partial charge is 0.486 e. The Hall–Kier alpha value is -1.14. The van der Waals surface area contributed by atoms with Crippen molar-refractivity contribution in [2.45, 2.75) is 44.8 Å². The molecule has 0 amide bonds. The van der Waals surface area contributed by atoms with Crippen LogP contribution in [0.15, 0.2) is 22.6 Å². The Labute approximate surface area is 129 Å². The first-order chi connectivity index (χ1) is 10.0. The molecule has 3 aliphatic rings. The van der Waals surface area contributed by atoms with Gasteiger partial charge in [-0.2, -0.15) is 0 Å². The number of allylic oxidation sites excluding steroid dienone is 1. The van der Waals surface area contributed by atoms with Gasteiger partial charge in [0.15, 0.2) is 5.09 Å². The third-order valence-electron chi connectivity index (χ3n) is 4.10. The first kappa shape index (κ1) is 14.8. The highest BCUT2D eigenvalue weighted by molar-refractivity contribution is 8.04. The summed E-state index contributed by atoms with van der Waals surface area (Å²) in [6.45, 7) is 6.84. The van der Waals surface area contributed by atoms with Gasteiger partial charge in [-0.1, -0.05) is 6.92 Å². The molecule has 3 heterocycles. The minimum Gasteiger partial charge on any atom is -0.486 e. The standard InChI is InChI=1S/C15H21NO4S/c1-5-19-14-10(3)16-11(7-13(17)18-4)12-6-9(2)8-15(16,20-12)21-14/h7,9,12H,5-6,8H2,1-4H3/b11-7+/t9-,12-,15+/m1/s1. The van der Waals surface area contributed by atoms with Gasteiger partial charge in [0, 0.05) is 12.5 Å². The zero-order chi connectivity index (χ0) is 15.2. The van der Waals surface area contributed by atoms with Gasteiger partial charge in [0.25, 0.3) is 0 Å². The number of methoxy groups -OCH3 is 1. The lowest BCUT2D eigenvalue weighted by Gasteiger charge is -2.35. The summed E-state index contributed by atoms with van der Waals surface area (Å²) < 4.78 is 16.8. The summed E-state index contributed by atoms with van der Waals surface area (Å²) in [4.78, 5) is 13.8. The van der Waals surface area contributed by atoms with E-state index in [1.807, 2.05) is 13.8 Å². The number of nitrogens with zero attached hydrogens (tertiary/aromatic N) is 1. The van der Waals surface area contributed by atoms with E-state index in [0.717, 1.165) is 29.3 Å². The molecule has 2 bridgehead atoms. The molecule has 116 valence electrons. The topological polar surface area (TPSA) is 48.0 Å². The normalized spacial score (nSPS) is 36.2. The van der Waals surface area contributed by atoms with E-state index in [2.05, 4.69) is 11.8 Å². The van der Waals surface area contributed by atoms with E-state index in [9.17, 15) is 4.79 Å². The lowest BCUT2D eigenvalue weighted by Crippen LogP contribution is -2.39. The summed E-state index contributed by atoms with van der Waals surface area (Å²) in [6.07, 6.45) is 3.36. The molecule has 0 unspecified atom stereocenters. The number of carbonyl (C=O) groups excluding carboxylic acids is 1. The monoisotopic (exact) mass is 311 g/mol. The third-order valence-corrected chi connectivity index (χ3v) is 5.47. The quantitative estimate of drug-likeness (QED) is 0.590. The van der Waals surface area contributed by atoms with Crippen LogP contribution in [0.1, 0.15) is 33.6 Å². The molecular formula is C15H21NO4S.